The van der Waals surface area contributed by atoms with Gasteiger partial charge in [-0.25, -0.2) is 9.37 Å². The minimum absolute atomic E-state index is 0.00148. The van der Waals surface area contributed by atoms with E-state index in [2.05, 4.69) is 25.6 Å². The number of nitrogens with one attached hydrogen (secondary N) is 1. The van der Waals surface area contributed by atoms with Crippen LogP contribution in [0, 0.1) is 5.82 Å². The van der Waals surface area contributed by atoms with Gasteiger partial charge in [-0.15, -0.1) is 10.2 Å². The lowest BCUT2D eigenvalue weighted by molar-refractivity contribution is -0.137. The number of hydrogen-bond acceptors (Lipinski definition) is 5. The van der Waals surface area contributed by atoms with Crippen LogP contribution in [-0.4, -0.2) is 29.4 Å². The second-order valence-corrected chi connectivity index (χ2v) is 7.64. The highest BCUT2D eigenvalue weighted by Crippen LogP contribution is 2.31. The van der Waals surface area contributed by atoms with Gasteiger partial charge in [-0.1, -0.05) is 6.07 Å². The van der Waals surface area contributed by atoms with Gasteiger partial charge < -0.3 is 5.32 Å². The largest absolute Gasteiger partial charge is 0.416 e. The average Bonchev–Trinajstić information content (AvgIpc) is 3.40. The molecule has 1 N–H and O–H groups in total. The molecule has 5 rings (SSSR count). The number of nitrogens with zero attached hydrogens (tertiary/aromatic N) is 6. The van der Waals surface area contributed by atoms with Crippen LogP contribution in [0.25, 0.3) is 16.8 Å². The van der Waals surface area contributed by atoms with Crippen LogP contribution in [-0.2, 0) is 19.6 Å². The summed E-state index contributed by atoms with van der Waals surface area (Å²) in [6.45, 7) is 0. The molecule has 0 saturated heterocycles. The Balaban J connectivity index is 1.40. The third-order valence-electron chi connectivity index (χ3n) is 5.38. The van der Waals surface area contributed by atoms with Gasteiger partial charge in [0.15, 0.2) is 5.65 Å². The molecule has 0 saturated carbocycles. The van der Waals surface area contributed by atoms with Crippen LogP contribution in [0.5, 0.6) is 0 Å². The fourth-order valence-electron chi connectivity index (χ4n) is 3.58. The van der Waals surface area contributed by atoms with Crippen molar-refractivity contribution in [3.8, 4) is 11.1 Å². The second-order valence-electron chi connectivity index (χ2n) is 7.64. The van der Waals surface area contributed by atoms with E-state index in [0.29, 0.717) is 23.4 Å². The van der Waals surface area contributed by atoms with Crippen molar-refractivity contribution in [3.05, 3.63) is 89.9 Å². The van der Waals surface area contributed by atoms with Crippen molar-refractivity contribution in [2.45, 2.75) is 12.6 Å². The Hall–Kier alpha value is -4.28. The SMILES string of the molecule is Cn1nccc1Nc1cc(-c2ccn3c(Cc4ccc(C(F)(F)F)cc4F)nnc3c2)ccn1. The van der Waals surface area contributed by atoms with Gasteiger partial charge in [0, 0.05) is 31.9 Å². The zero-order valence-electron chi connectivity index (χ0n) is 17.8. The lowest BCUT2D eigenvalue weighted by Gasteiger charge is -2.09. The smallest absolute Gasteiger partial charge is 0.325 e. The van der Waals surface area contributed by atoms with Crippen LogP contribution in [0.1, 0.15) is 17.0 Å². The van der Waals surface area contributed by atoms with E-state index in [-0.39, 0.29) is 12.0 Å². The fourth-order valence-corrected chi connectivity index (χ4v) is 3.58. The number of fused-ring (bicyclic) bond motifs is 1. The van der Waals surface area contributed by atoms with Crippen molar-refractivity contribution in [1.29, 1.82) is 0 Å². The summed E-state index contributed by atoms with van der Waals surface area (Å²) < 4.78 is 56.0. The molecular weight excluding hydrogens is 450 g/mol. The maximum absolute atomic E-state index is 14.3. The van der Waals surface area contributed by atoms with Crippen molar-refractivity contribution >= 4 is 17.3 Å². The molecule has 0 radical (unpaired) electrons. The first-order valence-corrected chi connectivity index (χ1v) is 10.2. The maximum Gasteiger partial charge on any atom is 0.416 e. The Labute approximate surface area is 190 Å². The lowest BCUT2D eigenvalue weighted by Crippen LogP contribution is -2.07. The lowest BCUT2D eigenvalue weighted by atomic mass is 10.1. The van der Waals surface area contributed by atoms with E-state index in [1.807, 2.05) is 37.4 Å². The standard InChI is InChI=1S/C23H17F4N7/c1-33-20(5-8-29-33)30-19-10-14(4-7-28-19)15-6-9-34-21(11-15)31-32-22(34)12-16-2-3-17(13-18(16)24)23(25,26)27/h2-11,13H,12H2,1H3,(H,28,30). The molecule has 0 amide bonds. The van der Waals surface area contributed by atoms with Crippen LogP contribution in [0.15, 0.2) is 67.1 Å². The van der Waals surface area contributed by atoms with Crippen LogP contribution in [0.4, 0.5) is 29.2 Å². The molecule has 0 aliphatic heterocycles. The van der Waals surface area contributed by atoms with Crippen LogP contribution in [0.3, 0.4) is 0 Å². The third-order valence-corrected chi connectivity index (χ3v) is 5.38. The number of hydrogen-bond donors (Lipinski definition) is 1. The normalized spacial score (nSPS) is 11.8. The van der Waals surface area contributed by atoms with Gasteiger partial charge in [-0.3, -0.25) is 9.08 Å². The average molecular weight is 467 g/mol. The maximum atomic E-state index is 14.3. The molecule has 0 atom stereocenters. The number of aromatic nitrogens is 6. The zero-order chi connectivity index (χ0) is 23.9. The number of pyridine rings is 2. The highest BCUT2D eigenvalue weighted by atomic mass is 19.4. The molecule has 5 aromatic rings. The predicted octanol–water partition coefficient (Wildman–Crippen LogP) is 5.02. The van der Waals surface area contributed by atoms with Crippen LogP contribution in [0.2, 0.25) is 0 Å². The zero-order valence-corrected chi connectivity index (χ0v) is 17.8. The monoisotopic (exact) mass is 467 g/mol. The Morgan fingerprint density at radius 1 is 0.941 bits per heavy atom. The first-order valence-electron chi connectivity index (χ1n) is 10.2. The van der Waals surface area contributed by atoms with Gasteiger partial charge in [0.25, 0.3) is 0 Å². The van der Waals surface area contributed by atoms with Gasteiger partial charge >= 0.3 is 6.18 Å². The molecule has 1 aromatic carbocycles. The van der Waals surface area contributed by atoms with Crippen molar-refractivity contribution in [2.24, 2.45) is 7.05 Å². The molecule has 172 valence electrons. The molecule has 0 bridgehead atoms. The van der Waals surface area contributed by atoms with Crippen molar-refractivity contribution < 1.29 is 17.6 Å². The second kappa shape index (κ2) is 8.25. The molecule has 0 unspecified atom stereocenters. The van der Waals surface area contributed by atoms with E-state index in [9.17, 15) is 17.6 Å². The van der Waals surface area contributed by atoms with E-state index in [4.69, 9.17) is 0 Å². The van der Waals surface area contributed by atoms with Gasteiger partial charge in [0.2, 0.25) is 0 Å². The molecule has 11 heteroatoms. The van der Waals surface area contributed by atoms with E-state index in [1.165, 1.54) is 0 Å². The van der Waals surface area contributed by atoms with Crippen LogP contribution >= 0.6 is 0 Å². The predicted molar refractivity (Wildman–Crippen MR) is 117 cm³/mol. The fraction of sp³-hybridized carbons (Fsp3) is 0.130. The summed E-state index contributed by atoms with van der Waals surface area (Å²) in [5.74, 6) is 0.903. The molecular formula is C23H17F4N7. The van der Waals surface area contributed by atoms with Gasteiger partial charge in [0.05, 0.1) is 11.8 Å². The Morgan fingerprint density at radius 3 is 2.50 bits per heavy atom. The minimum atomic E-state index is -4.60. The molecule has 7 nitrogen and oxygen atoms in total. The van der Waals surface area contributed by atoms with Gasteiger partial charge in [-0.2, -0.15) is 18.3 Å². The topological polar surface area (TPSA) is 72.9 Å². The van der Waals surface area contributed by atoms with E-state index < -0.39 is 17.6 Å². The first kappa shape index (κ1) is 21.6. The minimum Gasteiger partial charge on any atom is -0.325 e. The molecule has 4 heterocycles. The Bertz CT molecular complexity index is 1490. The first-order chi connectivity index (χ1) is 16.3. The summed E-state index contributed by atoms with van der Waals surface area (Å²) in [7, 11) is 1.82. The van der Waals surface area contributed by atoms with Crippen molar-refractivity contribution in [3.63, 3.8) is 0 Å². The summed E-state index contributed by atoms with van der Waals surface area (Å²) in [6, 6.07) is 11.7. The summed E-state index contributed by atoms with van der Waals surface area (Å²) in [5, 5.41) is 15.6. The van der Waals surface area contributed by atoms with Crippen molar-refractivity contribution in [2.75, 3.05) is 5.32 Å². The highest BCUT2D eigenvalue weighted by molar-refractivity contribution is 5.70. The molecule has 34 heavy (non-hydrogen) atoms. The number of halogens is 4. The Morgan fingerprint density at radius 2 is 1.76 bits per heavy atom. The summed E-state index contributed by atoms with van der Waals surface area (Å²) in [4.78, 5) is 4.33. The molecule has 0 aliphatic rings. The van der Waals surface area contributed by atoms with E-state index in [0.717, 1.165) is 29.1 Å². The summed E-state index contributed by atoms with van der Waals surface area (Å²) in [6.07, 6.45) is 0.507. The number of benzene rings is 1. The van der Waals surface area contributed by atoms with Crippen LogP contribution < -0.4 is 5.32 Å². The molecule has 0 fully saturated rings. The van der Waals surface area contributed by atoms with E-state index >= 15 is 0 Å². The number of alkyl halides is 3. The van der Waals surface area contributed by atoms with E-state index in [1.54, 1.807) is 27.7 Å². The highest BCUT2D eigenvalue weighted by Gasteiger charge is 2.31. The molecule has 0 aliphatic carbocycles. The Kier molecular flexibility index (Phi) is 5.23. The molecule has 0 spiro atoms. The third kappa shape index (κ3) is 4.19. The summed E-state index contributed by atoms with van der Waals surface area (Å²) >= 11 is 0. The van der Waals surface area contributed by atoms with Gasteiger partial charge in [-0.05, 0) is 53.1 Å². The number of rotatable bonds is 5. The number of anilines is 2. The number of aryl methyl sites for hydroxylation is 1. The van der Waals surface area contributed by atoms with Gasteiger partial charge in [0.1, 0.15) is 23.3 Å². The summed E-state index contributed by atoms with van der Waals surface area (Å²) in [5.41, 5.74) is 1.35. The quantitative estimate of drug-likeness (QED) is 0.368. The van der Waals surface area contributed by atoms with Crippen molar-refractivity contribution in [1.82, 2.24) is 29.4 Å². The molecule has 4 aromatic heterocycles.